The van der Waals surface area contributed by atoms with Gasteiger partial charge in [0.05, 0.1) is 0 Å². The highest BCUT2D eigenvalue weighted by Crippen LogP contribution is 2.08. The zero-order valence-electron chi connectivity index (χ0n) is 6.16. The fourth-order valence-electron chi connectivity index (χ4n) is 0.639. The Hall–Kier alpha value is -0.700. The van der Waals surface area contributed by atoms with E-state index in [1.807, 2.05) is 19.9 Å². The third kappa shape index (κ3) is 1.92. The third-order valence-corrected chi connectivity index (χ3v) is 1.96. The van der Waals surface area contributed by atoms with Crippen molar-refractivity contribution in [1.29, 1.82) is 0 Å². The highest BCUT2D eigenvalue weighted by Gasteiger charge is 1.95. The monoisotopic (exact) mass is 154 g/mol. The number of rotatable bonds is 2. The Morgan fingerprint density at radius 2 is 2.30 bits per heavy atom. The summed E-state index contributed by atoms with van der Waals surface area (Å²) in [5.74, 6) is 0. The van der Waals surface area contributed by atoms with Crippen LogP contribution in [0.3, 0.4) is 0 Å². The molecule has 0 aliphatic heterocycles. The van der Waals surface area contributed by atoms with E-state index in [0.29, 0.717) is 0 Å². The maximum atomic E-state index is 3.97. The largest absolute Gasteiger partial charge is 0.144 e. The van der Waals surface area contributed by atoms with E-state index in [9.17, 15) is 0 Å². The summed E-state index contributed by atoms with van der Waals surface area (Å²) in [7, 11) is 0. The van der Waals surface area contributed by atoms with Crippen LogP contribution < -0.4 is 0 Å². The molecule has 54 valence electrons. The van der Waals surface area contributed by atoms with Gasteiger partial charge in [0.2, 0.25) is 0 Å². The molecule has 0 fully saturated rings. The maximum absolute atomic E-state index is 3.97. The van der Waals surface area contributed by atoms with E-state index < -0.39 is 0 Å². The van der Waals surface area contributed by atoms with Crippen LogP contribution in [-0.2, 0) is 6.42 Å². The maximum Gasteiger partial charge on any atom is 0.121 e. The van der Waals surface area contributed by atoms with Crippen molar-refractivity contribution in [3.8, 4) is 0 Å². The molecule has 0 N–H and O–H groups in total. The Kier molecular flexibility index (Phi) is 2.57. The standard InChI is InChI=1S/C7H10N2S/c1-3-4-5-7-9-8-6(2)10-7/h3-4H,5H2,1-2H3/b4-3-. The van der Waals surface area contributed by atoms with Gasteiger partial charge in [-0.1, -0.05) is 12.2 Å². The lowest BCUT2D eigenvalue weighted by atomic mass is 10.4. The van der Waals surface area contributed by atoms with Crippen LogP contribution in [0.4, 0.5) is 0 Å². The summed E-state index contributed by atoms with van der Waals surface area (Å²) in [6.07, 6.45) is 5.03. The summed E-state index contributed by atoms with van der Waals surface area (Å²) in [5.41, 5.74) is 0. The number of aromatic nitrogens is 2. The van der Waals surface area contributed by atoms with Crippen molar-refractivity contribution < 1.29 is 0 Å². The molecule has 1 aromatic rings. The molecule has 0 bridgehead atoms. The van der Waals surface area contributed by atoms with Gasteiger partial charge in [0.1, 0.15) is 10.0 Å². The Bertz CT molecular complexity index is 227. The van der Waals surface area contributed by atoms with Crippen LogP contribution in [0.5, 0.6) is 0 Å². The first-order valence-electron chi connectivity index (χ1n) is 3.23. The normalized spacial score (nSPS) is 11.0. The minimum Gasteiger partial charge on any atom is -0.144 e. The van der Waals surface area contributed by atoms with E-state index in [-0.39, 0.29) is 0 Å². The summed E-state index contributed by atoms with van der Waals surface area (Å²) in [4.78, 5) is 0. The van der Waals surface area contributed by atoms with Crippen LogP contribution in [-0.4, -0.2) is 10.2 Å². The second kappa shape index (κ2) is 3.46. The van der Waals surface area contributed by atoms with Crippen molar-refractivity contribution in [2.75, 3.05) is 0 Å². The van der Waals surface area contributed by atoms with Crippen LogP contribution in [0.2, 0.25) is 0 Å². The molecule has 3 heteroatoms. The molecule has 0 aliphatic rings. The molecule has 2 nitrogen and oxygen atoms in total. The number of allylic oxidation sites excluding steroid dienone is 2. The second-order valence-electron chi connectivity index (χ2n) is 1.99. The van der Waals surface area contributed by atoms with Gasteiger partial charge < -0.3 is 0 Å². The molecular formula is C7H10N2S. The van der Waals surface area contributed by atoms with Gasteiger partial charge in [0.15, 0.2) is 0 Å². The van der Waals surface area contributed by atoms with E-state index in [1.54, 1.807) is 11.3 Å². The molecule has 0 radical (unpaired) electrons. The van der Waals surface area contributed by atoms with Crippen LogP contribution in [0.1, 0.15) is 16.9 Å². The summed E-state index contributed by atoms with van der Waals surface area (Å²) >= 11 is 1.65. The summed E-state index contributed by atoms with van der Waals surface area (Å²) in [6, 6.07) is 0. The minimum atomic E-state index is 0.919. The summed E-state index contributed by atoms with van der Waals surface area (Å²) in [6.45, 7) is 3.98. The first kappa shape index (κ1) is 7.41. The highest BCUT2D eigenvalue weighted by molar-refractivity contribution is 7.11. The predicted molar refractivity (Wildman–Crippen MR) is 43.2 cm³/mol. The third-order valence-electron chi connectivity index (χ3n) is 1.10. The van der Waals surface area contributed by atoms with Gasteiger partial charge in [-0.05, 0) is 13.8 Å². The van der Waals surface area contributed by atoms with Gasteiger partial charge in [-0.3, -0.25) is 0 Å². The molecule has 0 aromatic carbocycles. The number of aryl methyl sites for hydroxylation is 1. The van der Waals surface area contributed by atoms with Gasteiger partial charge in [0, 0.05) is 6.42 Å². The zero-order valence-corrected chi connectivity index (χ0v) is 6.98. The van der Waals surface area contributed by atoms with Crippen molar-refractivity contribution in [3.05, 3.63) is 22.2 Å². The van der Waals surface area contributed by atoms with Gasteiger partial charge in [0.25, 0.3) is 0 Å². The SMILES string of the molecule is C/C=C\Cc1nnc(C)s1. The molecule has 1 aromatic heterocycles. The molecular weight excluding hydrogens is 144 g/mol. The fraction of sp³-hybridized carbons (Fsp3) is 0.429. The first-order valence-corrected chi connectivity index (χ1v) is 4.04. The molecule has 1 heterocycles. The topological polar surface area (TPSA) is 25.8 Å². The van der Waals surface area contributed by atoms with E-state index in [2.05, 4.69) is 16.3 Å². The molecule has 0 saturated heterocycles. The number of nitrogens with zero attached hydrogens (tertiary/aromatic N) is 2. The lowest BCUT2D eigenvalue weighted by Crippen LogP contribution is -1.77. The van der Waals surface area contributed by atoms with E-state index in [1.165, 1.54) is 0 Å². The Morgan fingerprint density at radius 1 is 1.50 bits per heavy atom. The molecule has 0 aliphatic carbocycles. The molecule has 1 rings (SSSR count). The van der Waals surface area contributed by atoms with Gasteiger partial charge in [-0.25, -0.2) is 0 Å². The molecule has 0 saturated carbocycles. The minimum absolute atomic E-state index is 0.919. The van der Waals surface area contributed by atoms with Crippen LogP contribution in [0.15, 0.2) is 12.2 Å². The molecule has 0 atom stereocenters. The van der Waals surface area contributed by atoms with Crippen LogP contribution in [0, 0.1) is 6.92 Å². The van der Waals surface area contributed by atoms with E-state index in [4.69, 9.17) is 0 Å². The van der Waals surface area contributed by atoms with Gasteiger partial charge in [-0.2, -0.15) is 0 Å². The average Bonchev–Trinajstić information content (AvgIpc) is 2.31. The van der Waals surface area contributed by atoms with Crippen molar-refractivity contribution in [3.63, 3.8) is 0 Å². The predicted octanol–water partition coefficient (Wildman–Crippen LogP) is 1.97. The van der Waals surface area contributed by atoms with Crippen molar-refractivity contribution in [2.45, 2.75) is 20.3 Å². The Morgan fingerprint density at radius 3 is 2.80 bits per heavy atom. The fourth-order valence-corrected chi connectivity index (χ4v) is 1.32. The van der Waals surface area contributed by atoms with Crippen molar-refractivity contribution in [2.24, 2.45) is 0 Å². The summed E-state index contributed by atoms with van der Waals surface area (Å²) in [5, 5.41) is 10.0. The highest BCUT2D eigenvalue weighted by atomic mass is 32.1. The Labute approximate surface area is 64.6 Å². The number of hydrogen-bond acceptors (Lipinski definition) is 3. The molecule has 0 amide bonds. The van der Waals surface area contributed by atoms with Crippen molar-refractivity contribution in [1.82, 2.24) is 10.2 Å². The Balaban J connectivity index is 2.58. The molecule has 0 spiro atoms. The van der Waals surface area contributed by atoms with Crippen LogP contribution in [0.25, 0.3) is 0 Å². The number of hydrogen-bond donors (Lipinski definition) is 0. The smallest absolute Gasteiger partial charge is 0.121 e. The lowest BCUT2D eigenvalue weighted by molar-refractivity contribution is 0.991. The van der Waals surface area contributed by atoms with Gasteiger partial charge in [-0.15, -0.1) is 21.5 Å². The quantitative estimate of drug-likeness (QED) is 0.608. The van der Waals surface area contributed by atoms with E-state index >= 15 is 0 Å². The van der Waals surface area contributed by atoms with Crippen molar-refractivity contribution >= 4 is 11.3 Å². The second-order valence-corrected chi connectivity index (χ2v) is 3.25. The average molecular weight is 154 g/mol. The van der Waals surface area contributed by atoms with E-state index in [0.717, 1.165) is 16.4 Å². The molecule has 0 unspecified atom stereocenters. The van der Waals surface area contributed by atoms with Crippen LogP contribution >= 0.6 is 11.3 Å². The zero-order chi connectivity index (χ0) is 7.40. The first-order chi connectivity index (χ1) is 4.83. The van der Waals surface area contributed by atoms with Gasteiger partial charge >= 0.3 is 0 Å². The molecule has 10 heavy (non-hydrogen) atoms. The lowest BCUT2D eigenvalue weighted by Gasteiger charge is -1.80. The summed E-state index contributed by atoms with van der Waals surface area (Å²) < 4.78 is 0.